The maximum absolute atomic E-state index is 12.3. The van der Waals surface area contributed by atoms with Gasteiger partial charge < -0.3 is 20.3 Å². The molecule has 3 rings (SSSR count). The molecular weight excluding hydrogens is 406 g/mol. The Kier molecular flexibility index (Phi) is 7.68. The highest BCUT2D eigenvalue weighted by atomic mass is 35.5. The van der Waals surface area contributed by atoms with Crippen LogP contribution in [0.3, 0.4) is 0 Å². The predicted molar refractivity (Wildman–Crippen MR) is 114 cm³/mol. The van der Waals surface area contributed by atoms with Crippen molar-refractivity contribution < 1.29 is 19.1 Å². The van der Waals surface area contributed by atoms with Crippen molar-refractivity contribution in [2.75, 3.05) is 31.6 Å². The molecular formula is C22H24ClN3O4. The van der Waals surface area contributed by atoms with Gasteiger partial charge in [0.05, 0.1) is 10.7 Å². The lowest BCUT2D eigenvalue weighted by Crippen LogP contribution is -2.44. The fourth-order valence-electron chi connectivity index (χ4n) is 3.20. The van der Waals surface area contributed by atoms with E-state index in [1.165, 1.54) is 0 Å². The summed E-state index contributed by atoms with van der Waals surface area (Å²) in [5, 5.41) is 5.53. The Morgan fingerprint density at radius 1 is 0.967 bits per heavy atom. The average Bonchev–Trinajstić information content (AvgIpc) is 2.78. The summed E-state index contributed by atoms with van der Waals surface area (Å²) in [5.74, 6) is -0.640. The van der Waals surface area contributed by atoms with Gasteiger partial charge in [0.25, 0.3) is 5.91 Å². The fraction of sp³-hybridized carbons (Fsp3) is 0.318. The minimum atomic E-state index is -0.756. The Morgan fingerprint density at radius 2 is 1.63 bits per heavy atom. The van der Waals surface area contributed by atoms with Crippen molar-refractivity contribution in [3.8, 4) is 5.75 Å². The smallest absolute Gasteiger partial charge is 0.313 e. The van der Waals surface area contributed by atoms with E-state index < -0.39 is 11.8 Å². The lowest BCUT2D eigenvalue weighted by Gasteiger charge is -2.32. The SMILES string of the molecule is O=C(NCC1CCN(C(=O)COc2ccccc2)CC1)C(=O)Nc1ccccc1Cl. The van der Waals surface area contributed by atoms with Crippen LogP contribution in [0.15, 0.2) is 54.6 Å². The molecule has 1 aliphatic heterocycles. The molecule has 0 saturated carbocycles. The maximum Gasteiger partial charge on any atom is 0.313 e. The first-order valence-corrected chi connectivity index (χ1v) is 10.2. The average molecular weight is 430 g/mol. The second-order valence-electron chi connectivity index (χ2n) is 7.07. The van der Waals surface area contributed by atoms with E-state index in [-0.39, 0.29) is 18.4 Å². The molecule has 0 spiro atoms. The molecule has 0 aromatic heterocycles. The first-order chi connectivity index (χ1) is 14.5. The van der Waals surface area contributed by atoms with Crippen LogP contribution in [-0.4, -0.2) is 48.9 Å². The Labute approximate surface area is 180 Å². The van der Waals surface area contributed by atoms with Gasteiger partial charge in [-0.15, -0.1) is 0 Å². The first kappa shape index (κ1) is 21.6. The molecule has 8 heteroatoms. The van der Waals surface area contributed by atoms with Crippen molar-refractivity contribution in [3.05, 3.63) is 59.6 Å². The van der Waals surface area contributed by atoms with Crippen molar-refractivity contribution in [3.63, 3.8) is 0 Å². The summed E-state index contributed by atoms with van der Waals surface area (Å²) >= 11 is 5.98. The second-order valence-corrected chi connectivity index (χ2v) is 7.48. The van der Waals surface area contributed by atoms with E-state index in [9.17, 15) is 14.4 Å². The number of nitrogens with zero attached hydrogens (tertiary/aromatic N) is 1. The maximum atomic E-state index is 12.3. The summed E-state index contributed by atoms with van der Waals surface area (Å²) in [6.07, 6.45) is 1.51. The minimum Gasteiger partial charge on any atom is -0.484 e. The molecule has 1 fully saturated rings. The Balaban J connectivity index is 1.36. The third-order valence-electron chi connectivity index (χ3n) is 4.95. The van der Waals surface area contributed by atoms with Gasteiger partial charge in [-0.3, -0.25) is 14.4 Å². The molecule has 0 radical (unpaired) electrons. The lowest BCUT2D eigenvalue weighted by molar-refractivity contribution is -0.136. The van der Waals surface area contributed by atoms with E-state index in [1.54, 1.807) is 29.2 Å². The highest BCUT2D eigenvalue weighted by molar-refractivity contribution is 6.41. The summed E-state index contributed by atoms with van der Waals surface area (Å²) < 4.78 is 5.51. The number of anilines is 1. The number of likely N-dealkylation sites (tertiary alicyclic amines) is 1. The van der Waals surface area contributed by atoms with Crippen LogP contribution in [0.1, 0.15) is 12.8 Å². The molecule has 0 aliphatic carbocycles. The molecule has 0 atom stereocenters. The standard InChI is InChI=1S/C22H24ClN3O4/c23-18-8-4-5-9-19(18)25-22(29)21(28)24-14-16-10-12-26(13-11-16)20(27)15-30-17-6-2-1-3-7-17/h1-9,16H,10-15H2,(H,24,28)(H,25,29). The van der Waals surface area contributed by atoms with Crippen molar-refractivity contribution in [2.45, 2.75) is 12.8 Å². The van der Waals surface area contributed by atoms with Gasteiger partial charge in [0.2, 0.25) is 0 Å². The van der Waals surface area contributed by atoms with Crippen LogP contribution in [0.4, 0.5) is 5.69 Å². The number of ether oxygens (including phenoxy) is 1. The normalized spacial score (nSPS) is 14.1. The van der Waals surface area contributed by atoms with Gasteiger partial charge in [0.1, 0.15) is 5.75 Å². The summed E-state index contributed by atoms with van der Waals surface area (Å²) in [7, 11) is 0. The van der Waals surface area contributed by atoms with Gasteiger partial charge in [-0.2, -0.15) is 0 Å². The topological polar surface area (TPSA) is 87.7 Å². The van der Waals surface area contributed by atoms with Crippen LogP contribution < -0.4 is 15.4 Å². The number of para-hydroxylation sites is 2. The van der Waals surface area contributed by atoms with Gasteiger partial charge in [0.15, 0.2) is 6.61 Å². The highest BCUT2D eigenvalue weighted by Gasteiger charge is 2.24. The molecule has 3 amide bonds. The second kappa shape index (κ2) is 10.6. The van der Waals surface area contributed by atoms with E-state index in [1.807, 2.05) is 30.3 Å². The van der Waals surface area contributed by atoms with Crippen molar-refractivity contribution in [1.29, 1.82) is 0 Å². The predicted octanol–water partition coefficient (Wildman–Crippen LogP) is 2.71. The zero-order chi connectivity index (χ0) is 21.3. The fourth-order valence-corrected chi connectivity index (χ4v) is 3.38. The lowest BCUT2D eigenvalue weighted by atomic mass is 9.96. The third kappa shape index (κ3) is 6.22. The number of piperidine rings is 1. The number of carbonyl (C=O) groups excluding carboxylic acids is 3. The van der Waals surface area contributed by atoms with E-state index in [4.69, 9.17) is 16.3 Å². The Bertz CT molecular complexity index is 883. The van der Waals surface area contributed by atoms with Crippen LogP contribution in [0, 0.1) is 5.92 Å². The van der Waals surface area contributed by atoms with Gasteiger partial charge in [-0.1, -0.05) is 41.9 Å². The summed E-state index contributed by atoms with van der Waals surface area (Å²) in [6, 6.07) is 15.9. The summed E-state index contributed by atoms with van der Waals surface area (Å²) in [6.45, 7) is 1.59. The third-order valence-corrected chi connectivity index (χ3v) is 5.28. The molecule has 158 valence electrons. The van der Waals surface area contributed by atoms with Crippen molar-refractivity contribution in [1.82, 2.24) is 10.2 Å². The monoisotopic (exact) mass is 429 g/mol. The summed E-state index contributed by atoms with van der Waals surface area (Å²) in [5.41, 5.74) is 0.392. The van der Waals surface area contributed by atoms with Gasteiger partial charge >= 0.3 is 11.8 Å². The van der Waals surface area contributed by atoms with E-state index in [0.717, 1.165) is 12.8 Å². The first-order valence-electron chi connectivity index (χ1n) is 9.82. The van der Waals surface area contributed by atoms with E-state index in [0.29, 0.717) is 36.1 Å². The van der Waals surface area contributed by atoms with Crippen LogP contribution in [0.25, 0.3) is 0 Å². The van der Waals surface area contributed by atoms with Crippen molar-refractivity contribution >= 4 is 35.0 Å². The molecule has 1 saturated heterocycles. The number of amides is 3. The van der Waals surface area contributed by atoms with Crippen LogP contribution in [-0.2, 0) is 14.4 Å². The summed E-state index contributed by atoms with van der Waals surface area (Å²) in [4.78, 5) is 38.1. The molecule has 2 aromatic rings. The molecule has 2 N–H and O–H groups in total. The molecule has 0 unspecified atom stereocenters. The quantitative estimate of drug-likeness (QED) is 0.691. The highest BCUT2D eigenvalue weighted by Crippen LogP contribution is 2.20. The number of hydrogen-bond donors (Lipinski definition) is 2. The number of nitrogens with one attached hydrogen (secondary N) is 2. The van der Waals surface area contributed by atoms with Gasteiger partial charge in [0, 0.05) is 19.6 Å². The Morgan fingerprint density at radius 3 is 2.33 bits per heavy atom. The van der Waals surface area contributed by atoms with Crippen molar-refractivity contribution in [2.24, 2.45) is 5.92 Å². The zero-order valence-electron chi connectivity index (χ0n) is 16.5. The molecule has 1 aliphatic rings. The van der Waals surface area contributed by atoms with Crippen LogP contribution in [0.2, 0.25) is 5.02 Å². The minimum absolute atomic E-state index is 0.00757. The van der Waals surface area contributed by atoms with E-state index >= 15 is 0 Å². The van der Waals surface area contributed by atoms with Crippen LogP contribution in [0.5, 0.6) is 5.75 Å². The number of hydrogen-bond acceptors (Lipinski definition) is 4. The number of carbonyl (C=O) groups is 3. The molecule has 1 heterocycles. The van der Waals surface area contributed by atoms with Crippen LogP contribution >= 0.6 is 11.6 Å². The Hall–Kier alpha value is -3.06. The zero-order valence-corrected chi connectivity index (χ0v) is 17.2. The molecule has 0 bridgehead atoms. The molecule has 7 nitrogen and oxygen atoms in total. The molecule has 2 aromatic carbocycles. The number of rotatable bonds is 6. The van der Waals surface area contributed by atoms with Gasteiger partial charge in [-0.25, -0.2) is 0 Å². The number of halogens is 1. The van der Waals surface area contributed by atoms with E-state index in [2.05, 4.69) is 10.6 Å². The molecule has 30 heavy (non-hydrogen) atoms. The number of benzene rings is 2. The largest absolute Gasteiger partial charge is 0.484 e. The van der Waals surface area contributed by atoms with Gasteiger partial charge in [-0.05, 0) is 43.0 Å².